The normalized spacial score (nSPS) is 26.5. The summed E-state index contributed by atoms with van der Waals surface area (Å²) in [7, 11) is 1.58. The lowest BCUT2D eigenvalue weighted by molar-refractivity contribution is -0.141. The Morgan fingerprint density at radius 2 is 1.90 bits per heavy atom. The number of benzene rings is 1. The average molecular weight is 563 g/mol. The van der Waals surface area contributed by atoms with Crippen LogP contribution < -0.4 is 15.4 Å². The third-order valence-corrected chi connectivity index (χ3v) is 9.47. The van der Waals surface area contributed by atoms with Crippen molar-refractivity contribution in [2.75, 3.05) is 13.7 Å². The van der Waals surface area contributed by atoms with Crippen molar-refractivity contribution in [3.8, 4) is 5.75 Å². The fraction of sp³-hybridized carbons (Fsp3) is 0.581. The number of nitrogens with zero attached hydrogens (tertiary/aromatic N) is 1. The molecule has 10 nitrogen and oxygen atoms in total. The molecule has 1 saturated heterocycles. The largest absolute Gasteiger partial charge is 0.496 e. The third-order valence-electron chi connectivity index (χ3n) is 9.47. The Kier molecular flexibility index (Phi) is 7.57. The number of H-pyrrole nitrogens is 1. The van der Waals surface area contributed by atoms with Crippen LogP contribution in [-0.4, -0.2) is 71.0 Å². The van der Waals surface area contributed by atoms with E-state index in [9.17, 15) is 24.0 Å². The SMILES string of the molecule is COc1cccc2[nH]c(C(=O)N3CC4CCCC4C3C(=O)NC(CC3CCCCC3=O)C(=O)C(=O)NC3CC3)cc12. The van der Waals surface area contributed by atoms with E-state index in [1.165, 1.54) is 0 Å². The Labute approximate surface area is 238 Å². The predicted octanol–water partition coefficient (Wildman–Crippen LogP) is 2.90. The number of carbonyl (C=O) groups excluding carboxylic acids is 5. The lowest BCUT2D eigenvalue weighted by atomic mass is 9.82. The van der Waals surface area contributed by atoms with Crippen LogP contribution in [0.3, 0.4) is 0 Å². The second-order valence-corrected chi connectivity index (χ2v) is 12.2. The van der Waals surface area contributed by atoms with Crippen molar-refractivity contribution in [3.63, 3.8) is 0 Å². The summed E-state index contributed by atoms with van der Waals surface area (Å²) in [5.41, 5.74) is 1.13. The first kappa shape index (κ1) is 27.5. The fourth-order valence-electron chi connectivity index (χ4n) is 7.15. The number of hydrogen-bond donors (Lipinski definition) is 3. The zero-order valence-electron chi connectivity index (χ0n) is 23.4. The minimum absolute atomic E-state index is 0.00348. The van der Waals surface area contributed by atoms with Crippen LogP contribution >= 0.6 is 0 Å². The number of Topliss-reactive ketones (excluding diaryl/α,β-unsaturated/α-hetero) is 2. The van der Waals surface area contributed by atoms with Crippen molar-refractivity contribution in [2.45, 2.75) is 82.3 Å². The van der Waals surface area contributed by atoms with Gasteiger partial charge in [-0.15, -0.1) is 0 Å². The Bertz CT molecular complexity index is 1380. The minimum Gasteiger partial charge on any atom is -0.496 e. The highest BCUT2D eigenvalue weighted by Gasteiger charge is 2.50. The summed E-state index contributed by atoms with van der Waals surface area (Å²) >= 11 is 0. The summed E-state index contributed by atoms with van der Waals surface area (Å²) in [5.74, 6) is -1.62. The van der Waals surface area contributed by atoms with Crippen molar-refractivity contribution in [3.05, 3.63) is 30.0 Å². The van der Waals surface area contributed by atoms with E-state index >= 15 is 0 Å². The van der Waals surface area contributed by atoms with Gasteiger partial charge in [-0.2, -0.15) is 0 Å². The molecule has 218 valence electrons. The summed E-state index contributed by atoms with van der Waals surface area (Å²) in [4.78, 5) is 71.4. The van der Waals surface area contributed by atoms with Crippen LogP contribution in [0, 0.1) is 17.8 Å². The summed E-state index contributed by atoms with van der Waals surface area (Å²) in [5, 5.41) is 6.38. The standard InChI is InChI=1S/C31H38N4O6/c1-41-26-11-5-9-22-21(26)15-24(33-22)31(40)35-16-18-7-4-8-20(18)27(35)29(38)34-23(14-17-6-2-3-10-25(17)36)28(37)30(39)32-19-12-13-19/h5,9,11,15,17-20,23,27,33H,2-4,6-8,10,12-14,16H2,1H3,(H,32,39)(H,34,38). The number of ketones is 2. The van der Waals surface area contributed by atoms with Crippen molar-refractivity contribution < 1.29 is 28.7 Å². The maximum atomic E-state index is 14.0. The number of aromatic nitrogens is 1. The highest BCUT2D eigenvalue weighted by molar-refractivity contribution is 6.38. The molecule has 2 heterocycles. The number of ether oxygens (including phenoxy) is 1. The van der Waals surface area contributed by atoms with E-state index in [1.54, 1.807) is 18.1 Å². The number of fused-ring (bicyclic) bond motifs is 2. The van der Waals surface area contributed by atoms with Gasteiger partial charge in [0.1, 0.15) is 23.3 Å². The molecule has 0 bridgehead atoms. The molecular weight excluding hydrogens is 524 g/mol. The minimum atomic E-state index is -1.11. The molecule has 3 N–H and O–H groups in total. The quantitative estimate of drug-likeness (QED) is 0.402. The number of aromatic amines is 1. The van der Waals surface area contributed by atoms with Crippen molar-refractivity contribution in [1.29, 1.82) is 0 Å². The predicted molar refractivity (Wildman–Crippen MR) is 150 cm³/mol. The van der Waals surface area contributed by atoms with Crippen molar-refractivity contribution in [2.24, 2.45) is 17.8 Å². The van der Waals surface area contributed by atoms with Crippen molar-refractivity contribution >= 4 is 40.2 Å². The zero-order valence-corrected chi connectivity index (χ0v) is 23.4. The number of nitrogens with one attached hydrogen (secondary N) is 3. The molecule has 6 rings (SSSR count). The van der Waals surface area contributed by atoms with Crippen molar-refractivity contribution in [1.82, 2.24) is 20.5 Å². The summed E-state index contributed by atoms with van der Waals surface area (Å²) in [6.07, 6.45) is 7.30. The van der Waals surface area contributed by atoms with Gasteiger partial charge in [-0.25, -0.2) is 0 Å². The highest BCUT2D eigenvalue weighted by atomic mass is 16.5. The van der Waals surface area contributed by atoms with E-state index in [0.29, 0.717) is 30.8 Å². The van der Waals surface area contributed by atoms with Gasteiger partial charge >= 0.3 is 0 Å². The molecular formula is C31H38N4O6. The lowest BCUT2D eigenvalue weighted by Crippen LogP contribution is -2.55. The molecule has 1 aromatic heterocycles. The van der Waals surface area contributed by atoms with Crippen LogP contribution in [0.2, 0.25) is 0 Å². The Hall–Kier alpha value is -3.69. The first-order valence-electron chi connectivity index (χ1n) is 15.0. The maximum Gasteiger partial charge on any atom is 0.289 e. The second kappa shape index (κ2) is 11.3. The molecule has 3 aliphatic carbocycles. The number of methoxy groups -OCH3 is 1. The van der Waals surface area contributed by atoms with E-state index in [4.69, 9.17) is 4.74 Å². The summed E-state index contributed by atoms with van der Waals surface area (Å²) in [6.45, 7) is 0.454. The van der Waals surface area contributed by atoms with Crippen LogP contribution in [-0.2, 0) is 19.2 Å². The molecule has 0 radical (unpaired) electrons. The van der Waals surface area contributed by atoms with E-state index in [1.807, 2.05) is 18.2 Å². The Morgan fingerprint density at radius 3 is 2.66 bits per heavy atom. The van der Waals surface area contributed by atoms with Gasteiger partial charge in [0, 0.05) is 35.8 Å². The summed E-state index contributed by atoms with van der Waals surface area (Å²) < 4.78 is 5.45. The van der Waals surface area contributed by atoms with Crippen LogP contribution in [0.25, 0.3) is 10.9 Å². The second-order valence-electron chi connectivity index (χ2n) is 12.2. The van der Waals surface area contributed by atoms with Crippen LogP contribution in [0.1, 0.15) is 74.7 Å². The van der Waals surface area contributed by atoms with Gasteiger partial charge in [-0.3, -0.25) is 24.0 Å². The Balaban J connectivity index is 1.25. The molecule has 10 heteroatoms. The molecule has 2 aromatic rings. The summed E-state index contributed by atoms with van der Waals surface area (Å²) in [6, 6.07) is 5.42. The molecule has 1 aromatic carbocycles. The molecule has 4 fully saturated rings. The molecule has 5 unspecified atom stereocenters. The molecule has 0 spiro atoms. The van der Waals surface area contributed by atoms with E-state index in [2.05, 4.69) is 15.6 Å². The first-order chi connectivity index (χ1) is 19.8. The molecule has 41 heavy (non-hydrogen) atoms. The number of carbonyl (C=O) groups is 5. The average Bonchev–Trinajstić information content (AvgIpc) is 3.34. The van der Waals surface area contributed by atoms with Gasteiger partial charge in [0.25, 0.3) is 11.8 Å². The van der Waals surface area contributed by atoms with E-state index in [0.717, 1.165) is 55.8 Å². The van der Waals surface area contributed by atoms with Crippen LogP contribution in [0.4, 0.5) is 0 Å². The van der Waals surface area contributed by atoms with Gasteiger partial charge in [0.15, 0.2) is 0 Å². The fourth-order valence-corrected chi connectivity index (χ4v) is 7.15. The topological polar surface area (TPSA) is 138 Å². The maximum absolute atomic E-state index is 14.0. The molecule has 3 amide bonds. The Morgan fingerprint density at radius 1 is 1.07 bits per heavy atom. The lowest BCUT2D eigenvalue weighted by Gasteiger charge is -2.30. The first-order valence-corrected chi connectivity index (χ1v) is 15.0. The van der Waals surface area contributed by atoms with Gasteiger partial charge in [-0.05, 0) is 75.0 Å². The van der Waals surface area contributed by atoms with Gasteiger partial charge in [-0.1, -0.05) is 18.9 Å². The third kappa shape index (κ3) is 5.48. The monoisotopic (exact) mass is 562 g/mol. The smallest absolute Gasteiger partial charge is 0.289 e. The van der Waals surface area contributed by atoms with Crippen LogP contribution in [0.5, 0.6) is 5.75 Å². The highest BCUT2D eigenvalue weighted by Crippen LogP contribution is 2.43. The zero-order chi connectivity index (χ0) is 28.7. The van der Waals surface area contributed by atoms with Gasteiger partial charge in [0.05, 0.1) is 13.2 Å². The van der Waals surface area contributed by atoms with E-state index < -0.39 is 29.7 Å². The number of amides is 3. The number of likely N-dealkylation sites (tertiary alicyclic amines) is 1. The molecule has 5 atom stereocenters. The van der Waals surface area contributed by atoms with Crippen LogP contribution in [0.15, 0.2) is 24.3 Å². The van der Waals surface area contributed by atoms with E-state index in [-0.39, 0.29) is 41.9 Å². The van der Waals surface area contributed by atoms with Gasteiger partial charge < -0.3 is 25.3 Å². The molecule has 1 aliphatic heterocycles. The number of hydrogen-bond acceptors (Lipinski definition) is 6. The number of rotatable bonds is 9. The molecule has 4 aliphatic rings. The van der Waals surface area contributed by atoms with Gasteiger partial charge in [0.2, 0.25) is 11.7 Å². The molecule has 3 saturated carbocycles.